The maximum atomic E-state index is 13.5. The van der Waals surface area contributed by atoms with E-state index in [1.54, 1.807) is 19.1 Å². The molecule has 1 atom stereocenters. The molecule has 3 saturated heterocycles. The van der Waals surface area contributed by atoms with Crippen LogP contribution in [-0.2, 0) is 25.6 Å². The number of hydrogen-bond acceptors (Lipinski definition) is 7. The average Bonchev–Trinajstić information content (AvgIpc) is 3.33. The van der Waals surface area contributed by atoms with E-state index in [9.17, 15) is 28.8 Å². The fraction of sp³-hybridized carbons (Fsp3) is 0.417. The lowest BCUT2D eigenvalue weighted by atomic mass is 9.68. The van der Waals surface area contributed by atoms with Gasteiger partial charge in [-0.15, -0.1) is 0 Å². The van der Waals surface area contributed by atoms with E-state index in [2.05, 4.69) is 10.2 Å². The van der Waals surface area contributed by atoms with Crippen molar-refractivity contribution in [1.82, 2.24) is 20.0 Å². The summed E-state index contributed by atoms with van der Waals surface area (Å²) in [7, 11) is 2.78. The Morgan fingerprint density at radius 1 is 1.06 bits per heavy atom. The van der Waals surface area contributed by atoms with Crippen LogP contribution in [0.25, 0.3) is 6.08 Å². The SMILES string of the molecule is CCN1C(=O)NC(=O)/C(=C/c2ccc3c(c2)CC2(C(=O)N(C)C(=O)N(C)C2=O)C2CCCN32)C1=O. The Kier molecular flexibility index (Phi) is 5.04. The Bertz CT molecular complexity index is 1230. The van der Waals surface area contributed by atoms with E-state index in [1.165, 1.54) is 20.2 Å². The second-order valence-electron chi connectivity index (χ2n) is 9.27. The van der Waals surface area contributed by atoms with Gasteiger partial charge in [-0.25, -0.2) is 9.59 Å². The van der Waals surface area contributed by atoms with Gasteiger partial charge in [0.1, 0.15) is 5.57 Å². The van der Waals surface area contributed by atoms with Crippen molar-refractivity contribution in [3.8, 4) is 0 Å². The lowest BCUT2D eigenvalue weighted by Crippen LogP contribution is -2.70. The molecule has 11 heteroatoms. The van der Waals surface area contributed by atoms with E-state index in [1.807, 2.05) is 6.07 Å². The molecule has 0 radical (unpaired) electrons. The quantitative estimate of drug-likeness (QED) is 0.376. The van der Waals surface area contributed by atoms with Crippen molar-refractivity contribution in [2.24, 2.45) is 5.41 Å². The van der Waals surface area contributed by atoms with Crippen molar-refractivity contribution in [2.45, 2.75) is 32.2 Å². The molecule has 4 aliphatic heterocycles. The number of imide groups is 4. The molecule has 5 rings (SSSR count). The largest absolute Gasteiger partial charge is 0.367 e. The zero-order valence-corrected chi connectivity index (χ0v) is 19.7. The minimum Gasteiger partial charge on any atom is -0.367 e. The number of rotatable bonds is 2. The lowest BCUT2D eigenvalue weighted by molar-refractivity contribution is -0.159. The fourth-order valence-corrected chi connectivity index (χ4v) is 5.78. The van der Waals surface area contributed by atoms with Crippen LogP contribution < -0.4 is 10.2 Å². The van der Waals surface area contributed by atoms with Crippen LogP contribution in [0.3, 0.4) is 0 Å². The van der Waals surface area contributed by atoms with E-state index in [4.69, 9.17) is 0 Å². The normalized spacial score (nSPS) is 25.0. The summed E-state index contributed by atoms with van der Waals surface area (Å²) in [5.41, 5.74) is 0.506. The van der Waals surface area contributed by atoms with Gasteiger partial charge in [0.25, 0.3) is 11.8 Å². The molecule has 3 fully saturated rings. The molecule has 1 aromatic rings. The van der Waals surface area contributed by atoms with Crippen LogP contribution in [-0.4, -0.2) is 83.6 Å². The predicted octanol–water partition coefficient (Wildman–Crippen LogP) is 0.730. The third kappa shape index (κ3) is 3.03. The van der Waals surface area contributed by atoms with Gasteiger partial charge in [-0.2, -0.15) is 0 Å². The van der Waals surface area contributed by atoms with Gasteiger partial charge >= 0.3 is 12.1 Å². The fourth-order valence-electron chi connectivity index (χ4n) is 5.78. The number of nitrogens with zero attached hydrogens (tertiary/aromatic N) is 4. The number of amides is 8. The first-order valence-electron chi connectivity index (χ1n) is 11.5. The number of benzene rings is 1. The third-order valence-corrected chi connectivity index (χ3v) is 7.46. The van der Waals surface area contributed by atoms with Crippen LogP contribution in [0.4, 0.5) is 15.3 Å². The predicted molar refractivity (Wildman–Crippen MR) is 123 cm³/mol. The van der Waals surface area contributed by atoms with Crippen molar-refractivity contribution in [2.75, 3.05) is 32.1 Å². The summed E-state index contributed by atoms with van der Waals surface area (Å²) in [5.74, 6) is -2.50. The molecule has 0 aliphatic carbocycles. The Morgan fingerprint density at radius 3 is 2.40 bits per heavy atom. The van der Waals surface area contributed by atoms with Crippen molar-refractivity contribution in [1.29, 1.82) is 0 Å². The zero-order valence-electron chi connectivity index (χ0n) is 19.7. The molecule has 0 aromatic heterocycles. The second kappa shape index (κ2) is 7.76. The number of urea groups is 2. The minimum absolute atomic E-state index is 0.0971. The van der Waals surface area contributed by atoms with Crippen LogP contribution >= 0.6 is 0 Å². The first-order valence-corrected chi connectivity index (χ1v) is 11.5. The van der Waals surface area contributed by atoms with Gasteiger partial charge in [0.05, 0.1) is 6.04 Å². The number of likely N-dealkylation sites (N-methyl/N-ethyl adjacent to an activating group) is 1. The number of hydrogen-bond donors (Lipinski definition) is 1. The molecule has 35 heavy (non-hydrogen) atoms. The molecular weight excluding hydrogens is 454 g/mol. The van der Waals surface area contributed by atoms with Gasteiger partial charge in [0, 0.05) is 32.9 Å². The second-order valence-corrected chi connectivity index (χ2v) is 9.27. The highest BCUT2D eigenvalue weighted by Gasteiger charge is 2.63. The van der Waals surface area contributed by atoms with E-state index in [0.717, 1.165) is 26.8 Å². The zero-order chi connectivity index (χ0) is 25.2. The smallest absolute Gasteiger partial charge is 0.332 e. The first kappa shape index (κ1) is 22.8. The molecule has 11 nitrogen and oxygen atoms in total. The Labute approximate surface area is 201 Å². The van der Waals surface area contributed by atoms with Gasteiger partial charge in [-0.1, -0.05) is 6.07 Å². The monoisotopic (exact) mass is 479 g/mol. The van der Waals surface area contributed by atoms with Crippen molar-refractivity contribution in [3.05, 3.63) is 34.9 Å². The molecule has 0 saturated carbocycles. The summed E-state index contributed by atoms with van der Waals surface area (Å²) in [6, 6.07) is 3.59. The number of nitrogens with one attached hydrogen (secondary N) is 1. The van der Waals surface area contributed by atoms with Crippen LogP contribution in [0.2, 0.25) is 0 Å². The van der Waals surface area contributed by atoms with Crippen molar-refractivity contribution >= 4 is 47.5 Å². The number of anilines is 1. The van der Waals surface area contributed by atoms with Crippen LogP contribution in [0.1, 0.15) is 30.9 Å². The van der Waals surface area contributed by atoms with Crippen molar-refractivity contribution < 1.29 is 28.8 Å². The number of carbonyl (C=O) groups is 6. The number of carbonyl (C=O) groups excluding carboxylic acids is 6. The molecule has 4 heterocycles. The molecule has 182 valence electrons. The summed E-state index contributed by atoms with van der Waals surface area (Å²) in [6.07, 6.45) is 2.95. The average molecular weight is 479 g/mol. The van der Waals surface area contributed by atoms with Gasteiger partial charge in [0.15, 0.2) is 5.41 Å². The highest BCUT2D eigenvalue weighted by molar-refractivity contribution is 6.31. The van der Waals surface area contributed by atoms with E-state index in [0.29, 0.717) is 24.1 Å². The van der Waals surface area contributed by atoms with Gasteiger partial charge in [-0.3, -0.25) is 39.2 Å². The highest BCUT2D eigenvalue weighted by atomic mass is 16.2. The maximum absolute atomic E-state index is 13.5. The summed E-state index contributed by atoms with van der Waals surface area (Å²) in [5, 5.41) is 2.16. The van der Waals surface area contributed by atoms with Crippen LogP contribution in [0.15, 0.2) is 23.8 Å². The van der Waals surface area contributed by atoms with Crippen LogP contribution in [0.5, 0.6) is 0 Å². The Morgan fingerprint density at radius 2 is 1.74 bits per heavy atom. The minimum atomic E-state index is -1.43. The molecule has 1 N–H and O–H groups in total. The van der Waals surface area contributed by atoms with E-state index in [-0.39, 0.29) is 24.6 Å². The summed E-state index contributed by atoms with van der Waals surface area (Å²) >= 11 is 0. The lowest BCUT2D eigenvalue weighted by Gasteiger charge is -2.50. The van der Waals surface area contributed by atoms with Crippen molar-refractivity contribution in [3.63, 3.8) is 0 Å². The molecule has 1 spiro atoms. The standard InChI is InChI=1S/C24H25N5O6/c1-4-28-19(31)15(18(30)25-22(28)34)11-13-7-8-16-14(10-13)12-24(17-6-5-9-29(16)17)20(32)26(2)23(35)27(3)21(24)33/h7-8,10-11,17H,4-6,9,12H2,1-3H3,(H,25,30,34)/b15-11-. The van der Waals surface area contributed by atoms with Gasteiger partial charge in [0.2, 0.25) is 11.8 Å². The van der Waals surface area contributed by atoms with E-state index < -0.39 is 41.1 Å². The van der Waals surface area contributed by atoms with Gasteiger partial charge in [-0.05, 0) is 55.5 Å². The molecular formula is C24H25N5O6. The summed E-state index contributed by atoms with van der Waals surface area (Å²) in [4.78, 5) is 81.4. The molecule has 8 amide bonds. The highest BCUT2D eigenvalue weighted by Crippen LogP contribution is 2.49. The number of barbiturate groups is 2. The molecule has 4 aliphatic rings. The van der Waals surface area contributed by atoms with Gasteiger partial charge < -0.3 is 4.90 Å². The number of fused-ring (bicyclic) bond motifs is 4. The molecule has 1 aromatic carbocycles. The molecule has 0 bridgehead atoms. The first-order chi connectivity index (χ1) is 16.6. The molecule has 1 unspecified atom stereocenters. The topological polar surface area (TPSA) is 127 Å². The van der Waals surface area contributed by atoms with Crippen LogP contribution in [0, 0.1) is 5.41 Å². The Balaban J connectivity index is 1.59. The summed E-state index contributed by atoms with van der Waals surface area (Å²) in [6.45, 7) is 2.41. The Hall–Kier alpha value is -4.02. The third-order valence-electron chi connectivity index (χ3n) is 7.46. The summed E-state index contributed by atoms with van der Waals surface area (Å²) < 4.78 is 0. The maximum Gasteiger partial charge on any atom is 0.332 e. The van der Waals surface area contributed by atoms with E-state index >= 15 is 0 Å².